The molecule has 3 aromatic rings. The smallest absolute Gasteiger partial charge is 0.236 e. The van der Waals surface area contributed by atoms with Gasteiger partial charge >= 0.3 is 0 Å². The summed E-state index contributed by atoms with van der Waals surface area (Å²) < 4.78 is 13.7. The van der Waals surface area contributed by atoms with E-state index >= 15 is 0 Å². The third-order valence-electron chi connectivity index (χ3n) is 5.46. The Kier molecular flexibility index (Phi) is 5.62. The molecule has 1 amide bonds. The molecule has 0 spiro atoms. The van der Waals surface area contributed by atoms with Crippen molar-refractivity contribution in [3.8, 4) is 0 Å². The maximum Gasteiger partial charge on any atom is 0.236 e. The number of carbonyl (C=O) groups excluding carboxylic acids is 1. The van der Waals surface area contributed by atoms with Crippen molar-refractivity contribution in [2.45, 2.75) is 39.0 Å². The van der Waals surface area contributed by atoms with Gasteiger partial charge in [0.05, 0.1) is 27.5 Å². The van der Waals surface area contributed by atoms with E-state index in [2.05, 4.69) is 20.2 Å². The molecule has 6 nitrogen and oxygen atoms in total. The lowest BCUT2D eigenvalue weighted by Crippen LogP contribution is -2.36. The van der Waals surface area contributed by atoms with Gasteiger partial charge in [-0.25, -0.2) is 14.4 Å². The predicted molar refractivity (Wildman–Crippen MR) is 119 cm³/mol. The summed E-state index contributed by atoms with van der Waals surface area (Å²) in [5.74, 6) is 0.695. The summed E-state index contributed by atoms with van der Waals surface area (Å²) in [6, 6.07) is 9.94. The molecule has 0 saturated carbocycles. The number of amides is 1. The minimum Gasteiger partial charge on any atom is -0.325 e. The molecule has 8 heteroatoms. The summed E-state index contributed by atoms with van der Waals surface area (Å²) in [4.78, 5) is 28.7. The number of anilines is 3. The molecule has 0 radical (unpaired) electrons. The molecule has 2 aromatic heterocycles. The van der Waals surface area contributed by atoms with Crippen molar-refractivity contribution in [3.05, 3.63) is 70.6 Å². The number of nitrogens with one attached hydrogen (secondary N) is 1. The molecule has 1 aliphatic heterocycles. The Morgan fingerprint density at radius 1 is 1.19 bits per heavy atom. The van der Waals surface area contributed by atoms with Gasteiger partial charge in [0.25, 0.3) is 0 Å². The molecule has 31 heavy (non-hydrogen) atoms. The molecule has 0 unspecified atom stereocenters. The Labute approximate surface area is 185 Å². The maximum absolute atomic E-state index is 13.7. The normalized spacial score (nSPS) is 13.6. The Hall–Kier alpha value is -3.06. The highest BCUT2D eigenvalue weighted by Crippen LogP contribution is 2.34. The SMILES string of the molecule is Cc1nccc(N2CCCc3nc(C(C)(C)C(=O)Nc4ccc(Cl)c(F)c4)ccc32)n1. The lowest BCUT2D eigenvalue weighted by atomic mass is 9.87. The number of carbonyl (C=O) groups is 1. The van der Waals surface area contributed by atoms with Gasteiger partial charge in [0, 0.05) is 18.4 Å². The number of hydrogen-bond acceptors (Lipinski definition) is 5. The highest BCUT2D eigenvalue weighted by Gasteiger charge is 2.33. The first kappa shape index (κ1) is 21.2. The molecule has 0 bridgehead atoms. The summed E-state index contributed by atoms with van der Waals surface area (Å²) >= 11 is 5.73. The molecule has 0 saturated heterocycles. The zero-order valence-corrected chi connectivity index (χ0v) is 18.4. The molecule has 1 aliphatic rings. The van der Waals surface area contributed by atoms with Crippen molar-refractivity contribution >= 4 is 34.7 Å². The summed E-state index contributed by atoms with van der Waals surface area (Å²) in [6.07, 6.45) is 3.51. The van der Waals surface area contributed by atoms with Crippen LogP contribution >= 0.6 is 11.6 Å². The molecular formula is C23H23ClFN5O. The van der Waals surface area contributed by atoms with Crippen molar-refractivity contribution in [3.63, 3.8) is 0 Å². The third-order valence-corrected chi connectivity index (χ3v) is 5.77. The van der Waals surface area contributed by atoms with Gasteiger partial charge in [-0.1, -0.05) is 11.6 Å². The molecule has 0 fully saturated rings. The van der Waals surface area contributed by atoms with E-state index in [1.54, 1.807) is 26.1 Å². The van der Waals surface area contributed by atoms with Gasteiger partial charge in [-0.05, 0) is 70.0 Å². The summed E-state index contributed by atoms with van der Waals surface area (Å²) in [5.41, 5.74) is 2.00. The minimum atomic E-state index is -0.918. The van der Waals surface area contributed by atoms with E-state index < -0.39 is 11.2 Å². The van der Waals surface area contributed by atoms with Crippen LogP contribution in [0.25, 0.3) is 0 Å². The van der Waals surface area contributed by atoms with Crippen molar-refractivity contribution in [1.82, 2.24) is 15.0 Å². The van der Waals surface area contributed by atoms with Crippen molar-refractivity contribution < 1.29 is 9.18 Å². The maximum atomic E-state index is 13.7. The fraction of sp³-hybridized carbons (Fsp3) is 0.304. The topological polar surface area (TPSA) is 71.0 Å². The number of halogens is 2. The van der Waals surface area contributed by atoms with Crippen LogP contribution in [0.5, 0.6) is 0 Å². The highest BCUT2D eigenvalue weighted by atomic mass is 35.5. The summed E-state index contributed by atoms with van der Waals surface area (Å²) in [7, 11) is 0. The first-order chi connectivity index (χ1) is 14.8. The zero-order valence-electron chi connectivity index (χ0n) is 17.6. The largest absolute Gasteiger partial charge is 0.325 e. The predicted octanol–water partition coefficient (Wildman–Crippen LogP) is 4.97. The number of hydrogen-bond donors (Lipinski definition) is 1. The van der Waals surface area contributed by atoms with Gasteiger partial charge in [-0.15, -0.1) is 0 Å². The van der Waals surface area contributed by atoms with Gasteiger partial charge in [0.2, 0.25) is 5.91 Å². The lowest BCUT2D eigenvalue weighted by Gasteiger charge is -2.31. The Morgan fingerprint density at radius 2 is 2.00 bits per heavy atom. The number of pyridine rings is 1. The molecule has 1 N–H and O–H groups in total. The van der Waals surface area contributed by atoms with E-state index in [4.69, 9.17) is 16.6 Å². The van der Waals surface area contributed by atoms with Gasteiger partial charge in [0.1, 0.15) is 17.5 Å². The molecule has 0 aliphatic carbocycles. The standard InChI is InChI=1S/C23H23ClFN5O/c1-14-26-11-10-21(27-14)30-12-4-5-18-19(30)8-9-20(29-18)23(2,3)22(31)28-15-6-7-16(24)17(25)13-15/h6-11,13H,4-5,12H2,1-3H3,(H,28,31). The average Bonchev–Trinajstić information content (AvgIpc) is 2.75. The second-order valence-electron chi connectivity index (χ2n) is 8.09. The number of aromatic nitrogens is 3. The second kappa shape index (κ2) is 8.23. The van der Waals surface area contributed by atoms with Crippen LogP contribution in [0.1, 0.15) is 37.5 Å². The van der Waals surface area contributed by atoms with Crippen LogP contribution in [-0.2, 0) is 16.6 Å². The van der Waals surface area contributed by atoms with E-state index in [0.717, 1.165) is 36.6 Å². The van der Waals surface area contributed by atoms with Crippen LogP contribution in [0.2, 0.25) is 5.02 Å². The van der Waals surface area contributed by atoms with Crippen LogP contribution < -0.4 is 10.2 Å². The van der Waals surface area contributed by atoms with Gasteiger partial charge < -0.3 is 10.2 Å². The Morgan fingerprint density at radius 3 is 2.74 bits per heavy atom. The summed E-state index contributed by atoms with van der Waals surface area (Å²) in [5, 5.41) is 2.78. The fourth-order valence-corrected chi connectivity index (χ4v) is 3.72. The van der Waals surface area contributed by atoms with Crippen molar-refractivity contribution in [2.24, 2.45) is 0 Å². The quantitative estimate of drug-likeness (QED) is 0.621. The van der Waals surface area contributed by atoms with Crippen LogP contribution in [0.15, 0.2) is 42.6 Å². The lowest BCUT2D eigenvalue weighted by molar-refractivity contribution is -0.120. The van der Waals surface area contributed by atoms with Crippen LogP contribution in [0.4, 0.5) is 21.6 Å². The minimum absolute atomic E-state index is 0.0112. The molecule has 3 heterocycles. The second-order valence-corrected chi connectivity index (χ2v) is 8.49. The monoisotopic (exact) mass is 439 g/mol. The molecule has 160 valence electrons. The fourth-order valence-electron chi connectivity index (χ4n) is 3.61. The number of benzene rings is 1. The summed E-state index contributed by atoms with van der Waals surface area (Å²) in [6.45, 7) is 6.31. The van der Waals surface area contributed by atoms with E-state index in [1.165, 1.54) is 12.1 Å². The van der Waals surface area contributed by atoms with Crippen LogP contribution in [0, 0.1) is 12.7 Å². The number of nitrogens with zero attached hydrogens (tertiary/aromatic N) is 4. The Bertz CT molecular complexity index is 1150. The molecule has 1 aromatic carbocycles. The first-order valence-electron chi connectivity index (χ1n) is 10.1. The van der Waals surface area contributed by atoms with E-state index in [9.17, 15) is 9.18 Å². The van der Waals surface area contributed by atoms with Crippen LogP contribution in [0.3, 0.4) is 0 Å². The molecule has 4 rings (SSSR count). The van der Waals surface area contributed by atoms with Crippen molar-refractivity contribution in [2.75, 3.05) is 16.8 Å². The van der Waals surface area contributed by atoms with Gasteiger partial charge in [0.15, 0.2) is 0 Å². The number of aryl methyl sites for hydroxylation is 2. The van der Waals surface area contributed by atoms with Crippen LogP contribution in [-0.4, -0.2) is 27.4 Å². The van der Waals surface area contributed by atoms with Gasteiger partial charge in [-0.2, -0.15) is 0 Å². The highest BCUT2D eigenvalue weighted by molar-refractivity contribution is 6.30. The first-order valence-corrected chi connectivity index (χ1v) is 10.5. The van der Waals surface area contributed by atoms with E-state index in [1.807, 2.05) is 25.1 Å². The third kappa shape index (κ3) is 4.23. The number of fused-ring (bicyclic) bond motifs is 1. The average molecular weight is 440 g/mol. The van der Waals surface area contributed by atoms with Crippen molar-refractivity contribution in [1.29, 1.82) is 0 Å². The molecular weight excluding hydrogens is 417 g/mol. The number of rotatable bonds is 4. The van der Waals surface area contributed by atoms with E-state index in [0.29, 0.717) is 17.2 Å². The zero-order chi connectivity index (χ0) is 22.2. The Balaban J connectivity index is 1.61. The van der Waals surface area contributed by atoms with E-state index in [-0.39, 0.29) is 10.9 Å². The van der Waals surface area contributed by atoms with Gasteiger partial charge in [-0.3, -0.25) is 9.78 Å². The molecule has 0 atom stereocenters.